The maximum atomic E-state index is 2.49. The molecule has 0 bridgehead atoms. The minimum atomic E-state index is -0.820. The average molecular weight is 614 g/mol. The zero-order valence-corrected chi connectivity index (χ0v) is 12.0. The van der Waals surface area contributed by atoms with Gasteiger partial charge < -0.3 is 0 Å². The van der Waals surface area contributed by atoms with Crippen LogP contribution in [0.15, 0.2) is 0 Å². The van der Waals surface area contributed by atoms with E-state index in [9.17, 15) is 0 Å². The Kier molecular flexibility index (Phi) is 6.14. The van der Waals surface area contributed by atoms with Gasteiger partial charge in [-0.3, -0.25) is 0 Å². The Labute approximate surface area is 76.5 Å². The van der Waals surface area contributed by atoms with Crippen molar-refractivity contribution in [2.75, 3.05) is 0 Å². The summed E-state index contributed by atoms with van der Waals surface area (Å²) in [5.74, 6) is 0. The Morgan fingerprint density at radius 2 is 0.800 bits per heavy atom. The van der Waals surface area contributed by atoms with Gasteiger partial charge in [-0.15, -0.1) is 0 Å². The predicted octanol–water partition coefficient (Wildman–Crippen LogP) is 3.54. The molecule has 0 aliphatic carbocycles. The molecule has 0 nitrogen and oxygen atoms in total. The van der Waals surface area contributed by atoms with Gasteiger partial charge in [0.2, 0.25) is 0 Å². The van der Waals surface area contributed by atoms with Crippen molar-refractivity contribution in [2.45, 2.75) is 0 Å². The number of halogens is 4. The summed E-state index contributed by atoms with van der Waals surface area (Å²) in [7, 11) is 0. The molecule has 0 spiro atoms. The molecule has 0 saturated carbocycles. The first-order valence-electron chi connectivity index (χ1n) is 0.478. The number of rotatable bonds is 0. The van der Waals surface area contributed by atoms with E-state index < -0.39 is 1.08 Å². The van der Waals surface area contributed by atoms with Crippen LogP contribution in [0.3, 0.4) is 0 Å². The van der Waals surface area contributed by atoms with Crippen LogP contribution < -0.4 is 0 Å². The van der Waals surface area contributed by atoms with Gasteiger partial charge in [0.05, 0.1) is 0 Å². The zero-order valence-electron chi connectivity index (χ0n) is 1.83. The zero-order chi connectivity index (χ0) is 4.50. The summed E-state index contributed by atoms with van der Waals surface area (Å²) in [5.41, 5.74) is 0. The molecule has 0 aromatic heterocycles. The van der Waals surface area contributed by atoms with E-state index in [-0.39, 0.29) is 0 Å². The Hall–Kier alpha value is 3.58. The second-order valence-corrected chi connectivity index (χ2v) is 72.2. The summed E-state index contributed by atoms with van der Waals surface area (Å²) in [5, 5.41) is 0. The van der Waals surface area contributed by atoms with Gasteiger partial charge in [0, 0.05) is 0 Å². The second kappa shape index (κ2) is 3.58. The third-order valence-electron chi connectivity index (χ3n) is 0. The normalized spacial score (nSPS) is 15.2. The van der Waals surface area contributed by atoms with E-state index in [4.69, 9.17) is 0 Å². The fourth-order valence-corrected chi connectivity index (χ4v) is 0. The summed E-state index contributed by atoms with van der Waals surface area (Å²) >= 11 is 9.95. The summed E-state index contributed by atoms with van der Waals surface area (Å²) in [4.78, 5) is 0. The topological polar surface area (TPSA) is 0 Å². The van der Waals surface area contributed by atoms with E-state index in [2.05, 4.69) is 78.1 Å². The van der Waals surface area contributed by atoms with Crippen LogP contribution in [0.1, 0.15) is 0 Å². The molecule has 0 aliphatic rings. The van der Waals surface area contributed by atoms with Crippen molar-refractivity contribution in [3.05, 3.63) is 0 Å². The van der Waals surface area contributed by atoms with Crippen molar-refractivity contribution in [1.29, 1.82) is 0 Å². The van der Waals surface area contributed by atoms with Crippen molar-refractivity contribution in [2.24, 2.45) is 0 Å². The molecule has 0 unspecified atom stereocenters. The molecule has 0 fully saturated rings. The minimum absolute atomic E-state index is 0.820. The van der Waals surface area contributed by atoms with Gasteiger partial charge >= 0.3 is 79.1 Å². The van der Waals surface area contributed by atoms with Crippen LogP contribution in [-0.2, 0) is 1.08 Å². The van der Waals surface area contributed by atoms with Crippen LogP contribution in [0, 0.1) is 0 Å². The van der Waals surface area contributed by atoms with Crippen LogP contribution >= 0.6 is 78.1 Å². The summed E-state index contributed by atoms with van der Waals surface area (Å²) in [6.07, 6.45) is 0. The molecule has 0 rings (SSSR count). The van der Waals surface area contributed by atoms with E-state index in [0.29, 0.717) is 0 Å². The van der Waals surface area contributed by atoms with Crippen molar-refractivity contribution >= 4 is 78.1 Å². The molecule has 0 saturated heterocycles. The van der Waals surface area contributed by atoms with Crippen LogP contribution in [0.5, 0.6) is 0 Å². The van der Waals surface area contributed by atoms with E-state index in [1.165, 1.54) is 0 Å². The number of hydrogen-bond acceptors (Lipinski definition) is 0. The molecule has 0 atom stereocenters. The third kappa shape index (κ3) is 18.4. The van der Waals surface area contributed by atoms with Crippen LogP contribution in [-0.4, -0.2) is 0 Å². The van der Waals surface area contributed by atoms with E-state index in [1.54, 1.807) is 0 Å². The molecule has 0 amide bonds. The molecule has 0 aromatic rings. The maximum absolute atomic E-state index is 2.49. The quantitative estimate of drug-likeness (QED) is 0.290. The van der Waals surface area contributed by atoms with Gasteiger partial charge in [-0.05, 0) is 0 Å². The standard InChI is InChI=1S/4HI.Pd/h4*1H;/q;;;;+4/p-4. The number of hydrogen-bond donors (Lipinski definition) is 0. The van der Waals surface area contributed by atoms with Crippen molar-refractivity contribution < 1.29 is 1.08 Å². The fraction of sp³-hybridized carbons (Fsp3) is 0. The second-order valence-electron chi connectivity index (χ2n) is 0.271. The van der Waals surface area contributed by atoms with E-state index in [1.807, 2.05) is 0 Å². The third-order valence-corrected chi connectivity index (χ3v) is 0. The summed E-state index contributed by atoms with van der Waals surface area (Å²) in [6.45, 7) is 0. The van der Waals surface area contributed by atoms with Crippen LogP contribution in [0.4, 0.5) is 0 Å². The molecule has 0 aromatic carbocycles. The van der Waals surface area contributed by atoms with E-state index in [0.717, 1.165) is 0 Å². The van der Waals surface area contributed by atoms with Crippen LogP contribution in [0.2, 0.25) is 0 Å². The predicted molar refractivity (Wildman–Crippen MR) is 56.1 cm³/mol. The molecule has 0 heterocycles. The van der Waals surface area contributed by atoms with Crippen molar-refractivity contribution in [3.8, 4) is 0 Å². The molecule has 0 radical (unpaired) electrons. The Morgan fingerprint density at radius 1 is 0.800 bits per heavy atom. The van der Waals surface area contributed by atoms with Gasteiger partial charge in [0.1, 0.15) is 0 Å². The fourth-order valence-electron chi connectivity index (χ4n) is 0. The van der Waals surface area contributed by atoms with E-state index >= 15 is 0 Å². The molecule has 0 N–H and O–H groups in total. The van der Waals surface area contributed by atoms with Crippen molar-refractivity contribution in [3.63, 3.8) is 0 Å². The molecule has 5 heavy (non-hydrogen) atoms. The van der Waals surface area contributed by atoms with Gasteiger partial charge in [0.15, 0.2) is 0 Å². The Bertz CT molecular complexity index is 19.1. The monoisotopic (exact) mass is 614 g/mol. The van der Waals surface area contributed by atoms with Gasteiger partial charge in [0.25, 0.3) is 0 Å². The van der Waals surface area contributed by atoms with Crippen LogP contribution in [0.25, 0.3) is 0 Å². The van der Waals surface area contributed by atoms with Gasteiger partial charge in [-0.2, -0.15) is 0 Å². The summed E-state index contributed by atoms with van der Waals surface area (Å²) < 4.78 is -0.820. The Balaban J connectivity index is 3.02. The molecule has 38 valence electrons. The molecule has 5 heteroatoms. The summed E-state index contributed by atoms with van der Waals surface area (Å²) in [6, 6.07) is 0. The molecular formula is I4Pd. The van der Waals surface area contributed by atoms with Crippen molar-refractivity contribution in [1.82, 2.24) is 0 Å². The first-order valence-corrected chi connectivity index (χ1v) is 19.0. The molecule has 0 aliphatic heterocycles. The first kappa shape index (κ1) is 8.58. The SMILES string of the molecule is [I][Pd]([I])([I])[I]. The van der Waals surface area contributed by atoms with Gasteiger partial charge in [-0.1, -0.05) is 0 Å². The van der Waals surface area contributed by atoms with Gasteiger partial charge in [-0.25, -0.2) is 0 Å². The Morgan fingerprint density at radius 3 is 0.800 bits per heavy atom. The average Bonchev–Trinajstić information content (AvgIpc) is 0.722. The molecular weight excluding hydrogens is 614 g/mol. The first-order chi connectivity index (χ1) is 2.00.